The molecule has 0 aromatic heterocycles. The van der Waals surface area contributed by atoms with Crippen LogP contribution < -0.4 is 10.1 Å². The molecule has 0 radical (unpaired) electrons. The van der Waals surface area contributed by atoms with Crippen LogP contribution in [0.25, 0.3) is 0 Å². The molecule has 0 aliphatic heterocycles. The molecular formula is C21H18FNO2. The summed E-state index contributed by atoms with van der Waals surface area (Å²) in [4.78, 5) is 12.1. The monoisotopic (exact) mass is 335 g/mol. The lowest BCUT2D eigenvalue weighted by atomic mass is 10.1. The minimum atomic E-state index is -0.259. The number of para-hydroxylation sites is 1. The largest absolute Gasteiger partial charge is 0.457 e. The molecule has 3 rings (SSSR count). The summed E-state index contributed by atoms with van der Waals surface area (Å²) in [5.74, 6) is 1.02. The minimum absolute atomic E-state index is 0.145. The molecule has 1 amide bonds. The molecule has 0 aliphatic rings. The Balaban J connectivity index is 1.51. The molecule has 3 nitrogen and oxygen atoms in total. The maximum Gasteiger partial charge on any atom is 0.251 e. The van der Waals surface area contributed by atoms with Gasteiger partial charge in [0.25, 0.3) is 5.91 Å². The molecule has 0 aliphatic carbocycles. The van der Waals surface area contributed by atoms with E-state index >= 15 is 0 Å². The van der Waals surface area contributed by atoms with E-state index in [9.17, 15) is 9.18 Å². The quantitative estimate of drug-likeness (QED) is 0.715. The summed E-state index contributed by atoms with van der Waals surface area (Å²) in [6.45, 7) is 0.493. The average Bonchev–Trinajstić information content (AvgIpc) is 2.65. The summed E-state index contributed by atoms with van der Waals surface area (Å²) in [5, 5.41) is 2.86. The van der Waals surface area contributed by atoms with Gasteiger partial charge in [0.15, 0.2) is 0 Å². The van der Waals surface area contributed by atoms with Gasteiger partial charge >= 0.3 is 0 Å². The van der Waals surface area contributed by atoms with Gasteiger partial charge in [0, 0.05) is 12.1 Å². The predicted octanol–water partition coefficient (Wildman–Crippen LogP) is 4.59. The smallest absolute Gasteiger partial charge is 0.251 e. The molecule has 0 bridgehead atoms. The number of hydrogen-bond acceptors (Lipinski definition) is 2. The van der Waals surface area contributed by atoms with E-state index in [1.807, 2.05) is 30.3 Å². The van der Waals surface area contributed by atoms with E-state index in [0.29, 0.717) is 24.3 Å². The van der Waals surface area contributed by atoms with Crippen LogP contribution in [-0.2, 0) is 6.42 Å². The normalized spacial score (nSPS) is 10.3. The van der Waals surface area contributed by atoms with Crippen molar-refractivity contribution < 1.29 is 13.9 Å². The number of nitrogens with one attached hydrogen (secondary N) is 1. The molecule has 126 valence electrons. The van der Waals surface area contributed by atoms with Crippen molar-refractivity contribution in [3.63, 3.8) is 0 Å². The summed E-state index contributed by atoms with van der Waals surface area (Å²) >= 11 is 0. The Bertz CT molecular complexity index is 815. The molecule has 0 unspecified atom stereocenters. The van der Waals surface area contributed by atoms with Gasteiger partial charge in [-0.25, -0.2) is 4.39 Å². The fraction of sp³-hybridized carbons (Fsp3) is 0.0952. The van der Waals surface area contributed by atoms with Crippen LogP contribution in [0.1, 0.15) is 15.9 Å². The highest BCUT2D eigenvalue weighted by Crippen LogP contribution is 2.21. The van der Waals surface area contributed by atoms with Crippen LogP contribution in [-0.4, -0.2) is 12.5 Å². The zero-order valence-electron chi connectivity index (χ0n) is 13.6. The molecule has 0 saturated heterocycles. The first kappa shape index (κ1) is 16.7. The number of amides is 1. The summed E-state index contributed by atoms with van der Waals surface area (Å²) in [7, 11) is 0. The number of carbonyl (C=O) groups is 1. The van der Waals surface area contributed by atoms with Gasteiger partial charge in [0.2, 0.25) is 0 Å². The van der Waals surface area contributed by atoms with Gasteiger partial charge in [0.05, 0.1) is 0 Å². The van der Waals surface area contributed by atoms with E-state index in [4.69, 9.17) is 4.74 Å². The lowest BCUT2D eigenvalue weighted by Crippen LogP contribution is -2.25. The van der Waals surface area contributed by atoms with Crippen molar-refractivity contribution in [3.8, 4) is 11.5 Å². The molecule has 0 spiro atoms. The molecule has 1 N–H and O–H groups in total. The number of rotatable bonds is 6. The van der Waals surface area contributed by atoms with Gasteiger partial charge in [-0.2, -0.15) is 0 Å². The number of hydrogen-bond donors (Lipinski definition) is 1. The number of benzene rings is 3. The van der Waals surface area contributed by atoms with E-state index < -0.39 is 0 Å². The third kappa shape index (κ3) is 4.91. The molecular weight excluding hydrogens is 317 g/mol. The number of ether oxygens (including phenoxy) is 1. The first-order valence-corrected chi connectivity index (χ1v) is 8.06. The Morgan fingerprint density at radius 2 is 1.48 bits per heavy atom. The fourth-order valence-electron chi connectivity index (χ4n) is 2.37. The number of carbonyl (C=O) groups excluding carboxylic acids is 1. The molecule has 25 heavy (non-hydrogen) atoms. The SMILES string of the molecule is O=C(NCCc1ccc(F)cc1)c1ccc(Oc2ccccc2)cc1. The Morgan fingerprint density at radius 3 is 2.16 bits per heavy atom. The highest BCUT2D eigenvalue weighted by molar-refractivity contribution is 5.94. The topological polar surface area (TPSA) is 38.3 Å². The van der Waals surface area contributed by atoms with Crippen LogP contribution in [0, 0.1) is 5.82 Å². The second kappa shape index (κ2) is 8.11. The highest BCUT2D eigenvalue weighted by atomic mass is 19.1. The zero-order chi connectivity index (χ0) is 17.5. The van der Waals surface area contributed by atoms with Crippen molar-refractivity contribution >= 4 is 5.91 Å². The van der Waals surface area contributed by atoms with E-state index in [-0.39, 0.29) is 11.7 Å². The van der Waals surface area contributed by atoms with Crippen molar-refractivity contribution in [2.24, 2.45) is 0 Å². The van der Waals surface area contributed by atoms with Crippen LogP contribution >= 0.6 is 0 Å². The summed E-state index contributed by atoms with van der Waals surface area (Å²) in [6, 6.07) is 22.7. The van der Waals surface area contributed by atoms with Crippen LogP contribution in [0.4, 0.5) is 4.39 Å². The molecule has 4 heteroatoms. The van der Waals surface area contributed by atoms with Gasteiger partial charge in [-0.1, -0.05) is 30.3 Å². The van der Waals surface area contributed by atoms with Crippen LogP contribution in [0.15, 0.2) is 78.9 Å². The number of halogens is 1. The van der Waals surface area contributed by atoms with Crippen LogP contribution in [0.2, 0.25) is 0 Å². The van der Waals surface area contributed by atoms with E-state index in [0.717, 1.165) is 11.3 Å². The van der Waals surface area contributed by atoms with Crippen LogP contribution in [0.5, 0.6) is 11.5 Å². The second-order valence-electron chi connectivity index (χ2n) is 5.57. The van der Waals surface area contributed by atoms with Gasteiger partial charge in [-0.05, 0) is 60.5 Å². The highest BCUT2D eigenvalue weighted by Gasteiger charge is 2.06. The molecule has 0 heterocycles. The Morgan fingerprint density at radius 1 is 0.840 bits per heavy atom. The third-order valence-corrected chi connectivity index (χ3v) is 3.71. The lowest BCUT2D eigenvalue weighted by molar-refractivity contribution is 0.0954. The standard InChI is InChI=1S/C21H18FNO2/c22-18-10-6-16(7-11-18)14-15-23-21(24)17-8-12-20(13-9-17)25-19-4-2-1-3-5-19/h1-13H,14-15H2,(H,23,24). The van der Waals surface area contributed by atoms with E-state index in [1.165, 1.54) is 12.1 Å². The van der Waals surface area contributed by atoms with E-state index in [2.05, 4.69) is 5.32 Å². The molecule has 0 fully saturated rings. The predicted molar refractivity (Wildman–Crippen MR) is 95.4 cm³/mol. The molecule has 3 aromatic rings. The lowest BCUT2D eigenvalue weighted by Gasteiger charge is -2.08. The minimum Gasteiger partial charge on any atom is -0.457 e. The van der Waals surface area contributed by atoms with Gasteiger partial charge in [-0.15, -0.1) is 0 Å². The molecule has 3 aromatic carbocycles. The maximum atomic E-state index is 12.8. The molecule has 0 atom stereocenters. The van der Waals surface area contributed by atoms with Crippen molar-refractivity contribution in [3.05, 3.63) is 95.8 Å². The van der Waals surface area contributed by atoms with Crippen molar-refractivity contribution in [2.45, 2.75) is 6.42 Å². The first-order valence-electron chi connectivity index (χ1n) is 8.06. The van der Waals surface area contributed by atoms with Gasteiger partial charge in [0.1, 0.15) is 17.3 Å². The van der Waals surface area contributed by atoms with Crippen molar-refractivity contribution in [1.29, 1.82) is 0 Å². The third-order valence-electron chi connectivity index (χ3n) is 3.71. The van der Waals surface area contributed by atoms with Crippen molar-refractivity contribution in [2.75, 3.05) is 6.54 Å². The van der Waals surface area contributed by atoms with E-state index in [1.54, 1.807) is 36.4 Å². The Hall–Kier alpha value is -3.14. The summed E-state index contributed by atoms with van der Waals surface area (Å²) in [5.41, 5.74) is 1.55. The van der Waals surface area contributed by atoms with Gasteiger partial charge in [-0.3, -0.25) is 4.79 Å². The van der Waals surface area contributed by atoms with Crippen molar-refractivity contribution in [1.82, 2.24) is 5.32 Å². The Kier molecular flexibility index (Phi) is 5.42. The molecule has 0 saturated carbocycles. The van der Waals surface area contributed by atoms with Crippen LogP contribution in [0.3, 0.4) is 0 Å². The second-order valence-corrected chi connectivity index (χ2v) is 5.57. The maximum absolute atomic E-state index is 12.8. The zero-order valence-corrected chi connectivity index (χ0v) is 13.6. The Labute approximate surface area is 146 Å². The summed E-state index contributed by atoms with van der Waals surface area (Å²) < 4.78 is 18.5. The summed E-state index contributed by atoms with van der Waals surface area (Å²) in [6.07, 6.45) is 0.654. The fourth-order valence-corrected chi connectivity index (χ4v) is 2.37. The first-order chi connectivity index (χ1) is 12.2. The average molecular weight is 335 g/mol. The van der Waals surface area contributed by atoms with Gasteiger partial charge < -0.3 is 10.1 Å².